The summed E-state index contributed by atoms with van der Waals surface area (Å²) in [7, 11) is 0. The normalized spacial score (nSPS) is 12.2. The van der Waals surface area contributed by atoms with Crippen molar-refractivity contribution >= 4 is 12.3 Å². The van der Waals surface area contributed by atoms with E-state index in [-0.39, 0.29) is 18.8 Å². The smallest absolute Gasteiger partial charge is 0.433 e. The summed E-state index contributed by atoms with van der Waals surface area (Å²) in [6, 6.07) is 7.57. The van der Waals surface area contributed by atoms with Crippen molar-refractivity contribution < 1.29 is 33.6 Å². The molecule has 0 radical (unpaired) electrons. The zero-order valence-electron chi connectivity index (χ0n) is 79.9. The lowest BCUT2D eigenvalue weighted by Crippen LogP contribution is -2.37. The molecule has 0 aliphatic carbocycles. The molecule has 0 aromatic heterocycles. The minimum Gasteiger partial charge on any atom is -0.433 e. The number of ether oxygens (including phenoxy) is 4. The maximum atomic E-state index is 12.8. The van der Waals surface area contributed by atoms with Gasteiger partial charge in [0.1, 0.15) is 24.6 Å². The summed E-state index contributed by atoms with van der Waals surface area (Å²) in [5, 5.41) is 8.88. The number of nitrogens with zero attached hydrogens (tertiary/aromatic N) is 4. The van der Waals surface area contributed by atoms with E-state index < -0.39 is 12.3 Å². The van der Waals surface area contributed by atoms with E-state index in [4.69, 9.17) is 24.1 Å². The van der Waals surface area contributed by atoms with Crippen LogP contribution in [-0.2, 0) is 14.2 Å². The summed E-state index contributed by atoms with van der Waals surface area (Å²) in [5.41, 5.74) is 1.14. The number of carbonyl (C=O) groups is 2. The monoisotopic (exact) mass is 1650 g/mol. The van der Waals surface area contributed by atoms with E-state index in [2.05, 4.69) is 186 Å². The highest BCUT2D eigenvalue weighted by Gasteiger charge is 2.19. The van der Waals surface area contributed by atoms with Crippen LogP contribution in [0.25, 0.3) is 0 Å². The average molecular weight is 1650 g/mol. The molecule has 686 valence electrons. The lowest BCUT2D eigenvalue weighted by atomic mass is 10.0. The Hall–Kier alpha value is -4.52. The van der Waals surface area contributed by atoms with Crippen LogP contribution < -0.4 is 4.74 Å². The highest BCUT2D eigenvalue weighted by molar-refractivity contribution is 5.64. The van der Waals surface area contributed by atoms with Gasteiger partial charge in [-0.05, 0) is 264 Å². The molecule has 11 nitrogen and oxygen atoms in total. The molecule has 0 spiro atoms. The molecule has 11 heteroatoms. The largest absolute Gasteiger partial charge is 0.514 e. The molecule has 1 aromatic carbocycles. The highest BCUT2D eigenvalue weighted by Crippen LogP contribution is 2.22. The van der Waals surface area contributed by atoms with Crippen LogP contribution in [-0.4, -0.2) is 141 Å². The van der Waals surface area contributed by atoms with Gasteiger partial charge in [-0.3, -0.25) is 4.90 Å². The Morgan fingerprint density at radius 1 is 0.288 bits per heavy atom. The molecule has 0 aliphatic rings. The fraction of sp³-hybridized carbons (Fsp3) is 0.776. The first-order valence-corrected chi connectivity index (χ1v) is 50.5. The Labute approximate surface area is 733 Å². The van der Waals surface area contributed by atoms with Crippen LogP contribution in [0, 0.1) is 6.92 Å². The third kappa shape index (κ3) is 87.8. The Morgan fingerprint density at radius 2 is 0.542 bits per heavy atom. The first-order chi connectivity index (χ1) is 58.0. The number of likely N-dealkylation sites (N-methyl/N-ethyl adjacent to an activating group) is 2. The summed E-state index contributed by atoms with van der Waals surface area (Å²) in [6.07, 6.45) is 104. The van der Waals surface area contributed by atoms with Crippen molar-refractivity contribution in [1.82, 2.24) is 19.6 Å². The number of allylic oxidation sites excluding steroid dienone is 16. The predicted octanol–water partition coefficient (Wildman–Crippen LogP) is 32.1. The number of carbonyl (C=O) groups excluding carboxylic acids is 2. The lowest BCUT2D eigenvalue weighted by Gasteiger charge is -2.26. The summed E-state index contributed by atoms with van der Waals surface area (Å²) in [4.78, 5) is 35.2. The molecular weight excluding hydrogens is 1450 g/mol. The van der Waals surface area contributed by atoms with E-state index in [1.165, 1.54) is 296 Å². The summed E-state index contributed by atoms with van der Waals surface area (Å²) >= 11 is 0. The van der Waals surface area contributed by atoms with Gasteiger partial charge in [-0.25, -0.2) is 9.59 Å². The van der Waals surface area contributed by atoms with Crippen LogP contribution in [0.1, 0.15) is 434 Å². The van der Waals surface area contributed by atoms with E-state index in [0.29, 0.717) is 12.4 Å². The molecule has 0 amide bonds. The zero-order chi connectivity index (χ0) is 86.2. The molecule has 118 heavy (non-hydrogen) atoms. The second-order valence-corrected chi connectivity index (χ2v) is 33.5. The molecule has 1 aromatic rings. The first-order valence-electron chi connectivity index (χ1n) is 50.5. The van der Waals surface area contributed by atoms with Crippen LogP contribution in [0.4, 0.5) is 9.59 Å². The van der Waals surface area contributed by atoms with Gasteiger partial charge in [-0.15, -0.1) is 0 Å². The second-order valence-electron chi connectivity index (χ2n) is 33.5. The van der Waals surface area contributed by atoms with Crippen LogP contribution in [0.15, 0.2) is 121 Å². The van der Waals surface area contributed by atoms with Gasteiger partial charge in [0.2, 0.25) is 0 Å². The van der Waals surface area contributed by atoms with Crippen molar-refractivity contribution in [2.75, 3.05) is 91.8 Å². The Kier molecular flexibility index (Phi) is 95.9. The number of aliphatic hydroxyl groups is 1. The molecular formula is C107H196N4O7. The number of aryl methyl sites for hydroxylation is 1. The molecule has 0 atom stereocenters. The van der Waals surface area contributed by atoms with Crippen molar-refractivity contribution in [3.05, 3.63) is 127 Å². The summed E-state index contributed by atoms with van der Waals surface area (Å²) < 4.78 is 22.9. The van der Waals surface area contributed by atoms with E-state index in [9.17, 15) is 9.59 Å². The van der Waals surface area contributed by atoms with Gasteiger partial charge in [0, 0.05) is 39.3 Å². The fourth-order valence-corrected chi connectivity index (χ4v) is 14.8. The van der Waals surface area contributed by atoms with Crippen molar-refractivity contribution in [3.63, 3.8) is 0 Å². The minimum absolute atomic E-state index is 0.0249. The zero-order valence-corrected chi connectivity index (χ0v) is 79.9. The lowest BCUT2D eigenvalue weighted by molar-refractivity contribution is 0.0118. The number of rotatable bonds is 84. The molecule has 0 unspecified atom stereocenters. The molecule has 0 bridgehead atoms. The molecule has 0 aliphatic heterocycles. The van der Waals surface area contributed by atoms with Gasteiger partial charge in [-0.2, -0.15) is 0 Å². The van der Waals surface area contributed by atoms with E-state index >= 15 is 0 Å². The molecule has 0 heterocycles. The van der Waals surface area contributed by atoms with Crippen LogP contribution in [0.5, 0.6) is 5.75 Å². The topological polar surface area (TPSA) is 104 Å². The average Bonchev–Trinajstić information content (AvgIpc) is 0.908. The van der Waals surface area contributed by atoms with Gasteiger partial charge in [-0.1, -0.05) is 338 Å². The Morgan fingerprint density at radius 3 is 0.814 bits per heavy atom. The quantitative estimate of drug-likeness (QED) is 0.0292. The van der Waals surface area contributed by atoms with Crippen molar-refractivity contribution in [1.29, 1.82) is 0 Å². The van der Waals surface area contributed by atoms with Crippen molar-refractivity contribution in [2.45, 2.75) is 448 Å². The van der Waals surface area contributed by atoms with Crippen molar-refractivity contribution in [2.24, 2.45) is 0 Å². The van der Waals surface area contributed by atoms with E-state index in [0.717, 1.165) is 148 Å². The fourth-order valence-electron chi connectivity index (χ4n) is 14.8. The van der Waals surface area contributed by atoms with Gasteiger partial charge >= 0.3 is 12.3 Å². The van der Waals surface area contributed by atoms with Gasteiger partial charge in [0.25, 0.3) is 0 Å². The molecule has 0 saturated carbocycles. The van der Waals surface area contributed by atoms with Gasteiger partial charge < -0.3 is 38.8 Å². The van der Waals surface area contributed by atoms with Crippen LogP contribution >= 0.6 is 0 Å². The SMILES string of the molecule is CCCCC/C=C\C/C=C\CCCCCCCCC(CCCCCCCC/C=C\C/C=C\CCCCC)OC(=O)OCCN(CC)CCN(CCC)CCC.CCCCC/C=C\C/C=C\CCCCCCCCC(CCCCCCCC/C=C\C/C=C\CCCCC)OC(=O)Oc1ccc(C)cc1.CCCN(CCC)CCN(CC)CCO. The van der Waals surface area contributed by atoms with Gasteiger partial charge in [0.15, 0.2) is 0 Å². The number of aliphatic hydroxyl groups excluding tert-OH is 1. The number of unbranched alkanes of at least 4 members (excludes halogenated alkanes) is 36. The van der Waals surface area contributed by atoms with Crippen molar-refractivity contribution in [3.8, 4) is 5.75 Å². The van der Waals surface area contributed by atoms with E-state index in [1.54, 1.807) is 0 Å². The summed E-state index contributed by atoms with van der Waals surface area (Å²) in [5.74, 6) is 0.548. The standard InChI is InChI=1S/C50H94N2O3.C45H74O3.C12H28N2O/c1-6-11-13-15-17-19-21-23-25-27-29-31-33-35-37-39-41-49(42-40-38-36-34-32-30-28-26-24-22-20-18-16-14-12-7-2)55-50(53)54-48-47-51(10-5)45-46-52(43-8-3)44-9-4;1-4-6-8-10-12-14-16-18-20-22-24-26-28-30-32-34-36-43(47-45(46)48-44-40-38-42(3)39-41-44)37-35-33-31-29-27-25-23-21-19-17-15-13-11-9-7-5-2;1-4-7-14(8-5-2)10-9-13(6-3)11-12-15/h17-20,23-26,49H,6-16,21-22,27-48H2,1-5H3;12-15,18-21,38-41,43H,4-11,16-17,22-37H2,1-3H3;15H,4-12H2,1-3H3/b19-17-,20-18-,25-23-,26-24-;14-12-,15-13-,20-18-,21-19-;. The van der Waals surface area contributed by atoms with Crippen LogP contribution in [0.2, 0.25) is 0 Å². The van der Waals surface area contributed by atoms with E-state index in [1.807, 2.05) is 31.2 Å². The molecule has 1 N–H and O–H groups in total. The molecule has 0 saturated heterocycles. The highest BCUT2D eigenvalue weighted by atomic mass is 16.7. The minimum atomic E-state index is -0.566. The Bertz CT molecular complexity index is 2330. The summed E-state index contributed by atoms with van der Waals surface area (Å²) in [6.45, 7) is 37.6. The third-order valence-electron chi connectivity index (χ3n) is 22.2. The van der Waals surface area contributed by atoms with Gasteiger partial charge in [0.05, 0.1) is 6.61 Å². The second kappa shape index (κ2) is 97.9. The number of benzene rings is 1. The number of hydrogen-bond donors (Lipinski definition) is 1. The Balaban J connectivity index is 0. The maximum Gasteiger partial charge on any atom is 0.514 e. The molecule has 1 rings (SSSR count). The predicted molar refractivity (Wildman–Crippen MR) is 520 cm³/mol. The molecule has 0 fully saturated rings. The first kappa shape index (κ1) is 116. The number of hydrogen-bond acceptors (Lipinski definition) is 11. The third-order valence-corrected chi connectivity index (χ3v) is 22.2. The van der Waals surface area contributed by atoms with Crippen LogP contribution in [0.3, 0.4) is 0 Å². The maximum absolute atomic E-state index is 12.8.